The molecule has 1 aromatic rings. The number of aryl methyl sites for hydroxylation is 1. The van der Waals surface area contributed by atoms with Crippen LogP contribution in [-0.2, 0) is 0 Å². The van der Waals surface area contributed by atoms with Gasteiger partial charge in [0.05, 0.1) is 7.11 Å². The highest BCUT2D eigenvalue weighted by Gasteiger charge is 2.18. The smallest absolute Gasteiger partial charge is 0.126 e. The molecule has 1 atom stereocenters. The second-order valence-electron chi connectivity index (χ2n) is 5.91. The number of unbranched alkanes of at least 4 members (excludes halogenated alkanes) is 5. The first-order valence-electron chi connectivity index (χ1n) is 8.12. The monoisotopic (exact) mass is 355 g/mol. The van der Waals surface area contributed by atoms with Crippen LogP contribution in [0.4, 0.5) is 0 Å². The molecule has 0 amide bonds. The largest absolute Gasteiger partial charge is 0.496 e. The summed E-state index contributed by atoms with van der Waals surface area (Å²) >= 11 is 3.63. The highest BCUT2D eigenvalue weighted by atomic mass is 79.9. The van der Waals surface area contributed by atoms with Crippen molar-refractivity contribution in [2.24, 2.45) is 5.73 Å². The van der Waals surface area contributed by atoms with Crippen LogP contribution in [0.5, 0.6) is 5.75 Å². The van der Waals surface area contributed by atoms with Crippen LogP contribution in [-0.4, -0.2) is 7.11 Å². The Labute approximate surface area is 138 Å². The van der Waals surface area contributed by atoms with Crippen molar-refractivity contribution in [1.82, 2.24) is 0 Å². The van der Waals surface area contributed by atoms with Gasteiger partial charge >= 0.3 is 0 Å². The van der Waals surface area contributed by atoms with Crippen LogP contribution in [0.15, 0.2) is 10.5 Å². The van der Waals surface area contributed by atoms with E-state index in [9.17, 15) is 0 Å². The van der Waals surface area contributed by atoms with E-state index in [0.717, 1.165) is 27.8 Å². The average Bonchev–Trinajstić information content (AvgIpc) is 2.45. The third-order valence-corrected chi connectivity index (χ3v) is 4.98. The van der Waals surface area contributed by atoms with E-state index in [4.69, 9.17) is 10.5 Å². The minimum Gasteiger partial charge on any atom is -0.496 e. The Balaban J connectivity index is 2.67. The van der Waals surface area contributed by atoms with Gasteiger partial charge in [0.2, 0.25) is 0 Å². The summed E-state index contributed by atoms with van der Waals surface area (Å²) in [7, 11) is 1.73. The van der Waals surface area contributed by atoms with Crippen molar-refractivity contribution in [3.63, 3.8) is 0 Å². The van der Waals surface area contributed by atoms with Crippen LogP contribution < -0.4 is 10.5 Å². The molecule has 1 unspecified atom stereocenters. The van der Waals surface area contributed by atoms with Gasteiger partial charge in [-0.05, 0) is 37.5 Å². The fraction of sp³-hybridized carbons (Fsp3) is 0.667. The van der Waals surface area contributed by atoms with Gasteiger partial charge in [0, 0.05) is 16.1 Å². The Kier molecular flexibility index (Phi) is 8.35. The number of ether oxygens (including phenoxy) is 1. The zero-order valence-electron chi connectivity index (χ0n) is 14.0. The van der Waals surface area contributed by atoms with E-state index in [1.807, 2.05) is 0 Å². The number of benzene rings is 1. The van der Waals surface area contributed by atoms with Gasteiger partial charge in [0.15, 0.2) is 0 Å². The molecule has 2 N–H and O–H groups in total. The van der Waals surface area contributed by atoms with Crippen molar-refractivity contribution in [3.05, 3.63) is 27.2 Å². The topological polar surface area (TPSA) is 35.2 Å². The summed E-state index contributed by atoms with van der Waals surface area (Å²) in [5, 5.41) is 0. The third-order valence-electron chi connectivity index (χ3n) is 4.15. The summed E-state index contributed by atoms with van der Waals surface area (Å²) in [5.74, 6) is 0.953. The van der Waals surface area contributed by atoms with Crippen molar-refractivity contribution in [2.75, 3.05) is 7.11 Å². The van der Waals surface area contributed by atoms with Gasteiger partial charge < -0.3 is 10.5 Å². The summed E-state index contributed by atoms with van der Waals surface area (Å²) in [6.45, 7) is 6.44. The Bertz CT molecular complexity index is 445. The molecule has 0 bridgehead atoms. The van der Waals surface area contributed by atoms with E-state index in [2.05, 4.69) is 42.8 Å². The van der Waals surface area contributed by atoms with Gasteiger partial charge in [-0.15, -0.1) is 0 Å². The normalized spacial score (nSPS) is 12.5. The van der Waals surface area contributed by atoms with Gasteiger partial charge in [0.1, 0.15) is 5.75 Å². The van der Waals surface area contributed by atoms with Crippen molar-refractivity contribution in [2.45, 2.75) is 71.8 Å². The molecule has 0 saturated heterocycles. The number of hydrogen-bond donors (Lipinski definition) is 1. The third kappa shape index (κ3) is 5.30. The molecule has 1 aromatic carbocycles. The maximum atomic E-state index is 6.45. The second-order valence-corrected chi connectivity index (χ2v) is 6.76. The van der Waals surface area contributed by atoms with Crippen LogP contribution in [0.1, 0.15) is 74.6 Å². The van der Waals surface area contributed by atoms with Crippen LogP contribution in [0.25, 0.3) is 0 Å². The molecule has 3 heteroatoms. The molecule has 120 valence electrons. The standard InChI is InChI=1S/C18H30BrNO/c1-5-6-7-8-9-10-11-16(20)17-14(3)15(19)12-13(2)18(17)21-4/h12,16H,5-11,20H2,1-4H3. The molecule has 0 radical (unpaired) electrons. The van der Waals surface area contributed by atoms with Crippen molar-refractivity contribution in [3.8, 4) is 5.75 Å². The molecule has 2 nitrogen and oxygen atoms in total. The lowest BCUT2D eigenvalue weighted by Crippen LogP contribution is -2.14. The highest BCUT2D eigenvalue weighted by molar-refractivity contribution is 9.10. The van der Waals surface area contributed by atoms with Crippen LogP contribution >= 0.6 is 15.9 Å². The number of halogens is 1. The highest BCUT2D eigenvalue weighted by Crippen LogP contribution is 2.37. The molecular formula is C18H30BrNO. The first-order valence-corrected chi connectivity index (χ1v) is 8.91. The number of methoxy groups -OCH3 is 1. The van der Waals surface area contributed by atoms with Crippen molar-refractivity contribution in [1.29, 1.82) is 0 Å². The van der Waals surface area contributed by atoms with Crippen molar-refractivity contribution < 1.29 is 4.74 Å². The summed E-state index contributed by atoms with van der Waals surface area (Å²) in [6, 6.07) is 2.16. The van der Waals surface area contributed by atoms with E-state index in [1.165, 1.54) is 44.1 Å². The van der Waals surface area contributed by atoms with Crippen LogP contribution in [0.2, 0.25) is 0 Å². The lowest BCUT2D eigenvalue weighted by Gasteiger charge is -2.21. The maximum absolute atomic E-state index is 6.45. The lowest BCUT2D eigenvalue weighted by atomic mass is 9.94. The minimum atomic E-state index is 0.0577. The molecule has 0 heterocycles. The molecule has 21 heavy (non-hydrogen) atoms. The van der Waals surface area contributed by atoms with E-state index in [1.54, 1.807) is 7.11 Å². The SMILES string of the molecule is CCCCCCCCC(N)c1c(C)c(Br)cc(C)c1OC. The molecule has 0 spiro atoms. The summed E-state index contributed by atoms with van der Waals surface area (Å²) in [5.41, 5.74) is 9.96. The molecule has 0 aliphatic carbocycles. The Morgan fingerprint density at radius 3 is 2.38 bits per heavy atom. The number of rotatable bonds is 9. The summed E-state index contributed by atoms with van der Waals surface area (Å²) in [4.78, 5) is 0. The lowest BCUT2D eigenvalue weighted by molar-refractivity contribution is 0.399. The first kappa shape index (κ1) is 18.5. The van der Waals surface area contributed by atoms with Crippen molar-refractivity contribution >= 4 is 15.9 Å². The fourth-order valence-corrected chi connectivity index (χ4v) is 3.44. The average molecular weight is 356 g/mol. The minimum absolute atomic E-state index is 0.0577. The van der Waals surface area contributed by atoms with Crippen LogP contribution in [0, 0.1) is 13.8 Å². The Morgan fingerprint density at radius 1 is 1.14 bits per heavy atom. The zero-order chi connectivity index (χ0) is 15.8. The van der Waals surface area contributed by atoms with E-state index < -0.39 is 0 Å². The predicted octanol–water partition coefficient (Wildman–Crippen LogP) is 5.82. The second kappa shape index (κ2) is 9.47. The van der Waals surface area contributed by atoms with Gasteiger partial charge in [-0.3, -0.25) is 0 Å². The summed E-state index contributed by atoms with van der Waals surface area (Å²) < 4.78 is 6.71. The molecule has 0 aliphatic rings. The molecule has 0 aromatic heterocycles. The Morgan fingerprint density at radius 2 is 1.76 bits per heavy atom. The van der Waals surface area contributed by atoms with Gasteiger partial charge in [0.25, 0.3) is 0 Å². The zero-order valence-corrected chi connectivity index (χ0v) is 15.6. The van der Waals surface area contributed by atoms with E-state index in [0.29, 0.717) is 0 Å². The van der Waals surface area contributed by atoms with Crippen LogP contribution in [0.3, 0.4) is 0 Å². The molecule has 0 saturated carbocycles. The van der Waals surface area contributed by atoms with E-state index >= 15 is 0 Å². The quantitative estimate of drug-likeness (QED) is 0.566. The predicted molar refractivity (Wildman–Crippen MR) is 95.1 cm³/mol. The maximum Gasteiger partial charge on any atom is 0.126 e. The molecular weight excluding hydrogens is 326 g/mol. The molecule has 0 aliphatic heterocycles. The number of hydrogen-bond acceptors (Lipinski definition) is 2. The molecule has 0 fully saturated rings. The van der Waals surface area contributed by atoms with Gasteiger partial charge in [-0.2, -0.15) is 0 Å². The van der Waals surface area contributed by atoms with E-state index in [-0.39, 0.29) is 6.04 Å². The fourth-order valence-electron chi connectivity index (χ4n) is 2.88. The summed E-state index contributed by atoms with van der Waals surface area (Å²) in [6.07, 6.45) is 8.83. The number of nitrogens with two attached hydrogens (primary N) is 1. The van der Waals surface area contributed by atoms with Gasteiger partial charge in [-0.25, -0.2) is 0 Å². The van der Waals surface area contributed by atoms with Gasteiger partial charge in [-0.1, -0.05) is 61.4 Å². The Hall–Kier alpha value is -0.540. The molecule has 1 rings (SSSR count). The first-order chi connectivity index (χ1) is 10.0.